The predicted octanol–water partition coefficient (Wildman–Crippen LogP) is 3.65. The lowest BCUT2D eigenvalue weighted by molar-refractivity contribution is -0.149. The zero-order valence-corrected chi connectivity index (χ0v) is 22.6. The number of alkyl carbamates (subject to hydrolysis) is 1. The van der Waals surface area contributed by atoms with E-state index in [9.17, 15) is 19.2 Å². The highest BCUT2D eigenvalue weighted by Crippen LogP contribution is 2.34. The molecule has 0 saturated heterocycles. The largest absolute Gasteiger partial charge is 0.468 e. The number of nitrogens with zero attached hydrogens (tertiary/aromatic N) is 1. The van der Waals surface area contributed by atoms with Gasteiger partial charge in [-0.2, -0.15) is 0 Å². The average Bonchev–Trinajstić information content (AvgIpc) is 2.77. The summed E-state index contributed by atoms with van der Waals surface area (Å²) in [6.07, 6.45) is 2.38. The van der Waals surface area contributed by atoms with Crippen LogP contribution in [0.4, 0.5) is 4.79 Å². The van der Waals surface area contributed by atoms with Gasteiger partial charge in [0.1, 0.15) is 24.2 Å². The van der Waals surface area contributed by atoms with E-state index in [0.717, 1.165) is 24.8 Å². The molecule has 2 N–H and O–H groups in total. The monoisotopic (exact) mass is 503 g/mol. The van der Waals surface area contributed by atoms with Crippen LogP contribution in [0.15, 0.2) is 24.3 Å². The second-order valence-electron chi connectivity index (χ2n) is 10.5. The molecule has 1 fully saturated rings. The smallest absolute Gasteiger partial charge is 0.408 e. The van der Waals surface area contributed by atoms with Crippen molar-refractivity contribution in [2.24, 2.45) is 5.92 Å². The van der Waals surface area contributed by atoms with Crippen LogP contribution in [0.1, 0.15) is 77.5 Å². The molecule has 9 heteroatoms. The first-order valence-electron chi connectivity index (χ1n) is 12.6. The third-order valence-electron chi connectivity index (χ3n) is 6.39. The number of aryl methyl sites for hydroxylation is 1. The Kier molecular flexibility index (Phi) is 10.3. The Morgan fingerprint density at radius 2 is 1.83 bits per heavy atom. The van der Waals surface area contributed by atoms with E-state index >= 15 is 0 Å². The van der Waals surface area contributed by atoms with E-state index in [1.54, 1.807) is 31.7 Å². The Balaban J connectivity index is 2.49. The highest BCUT2D eigenvalue weighted by molar-refractivity contribution is 5.93. The highest BCUT2D eigenvalue weighted by Gasteiger charge is 2.43. The highest BCUT2D eigenvalue weighted by atomic mass is 16.6. The van der Waals surface area contributed by atoms with Gasteiger partial charge in [0.25, 0.3) is 0 Å². The topological polar surface area (TPSA) is 114 Å². The van der Waals surface area contributed by atoms with Gasteiger partial charge in [-0.15, -0.1) is 0 Å². The van der Waals surface area contributed by atoms with Crippen LogP contribution in [0.2, 0.25) is 0 Å². The van der Waals surface area contributed by atoms with Crippen LogP contribution in [0.25, 0.3) is 0 Å². The van der Waals surface area contributed by atoms with Crippen molar-refractivity contribution in [3.05, 3.63) is 35.4 Å². The van der Waals surface area contributed by atoms with Gasteiger partial charge in [0.15, 0.2) is 0 Å². The fraction of sp³-hybridized carbons (Fsp3) is 0.630. The summed E-state index contributed by atoms with van der Waals surface area (Å²) in [6.45, 7) is 10.7. The second kappa shape index (κ2) is 12.7. The summed E-state index contributed by atoms with van der Waals surface area (Å²) in [5, 5.41) is 5.39. The van der Waals surface area contributed by atoms with E-state index < -0.39 is 35.7 Å². The van der Waals surface area contributed by atoms with Gasteiger partial charge in [-0.25, -0.2) is 4.79 Å². The van der Waals surface area contributed by atoms with Gasteiger partial charge >= 0.3 is 12.1 Å². The molecule has 36 heavy (non-hydrogen) atoms. The van der Waals surface area contributed by atoms with Crippen molar-refractivity contribution in [3.8, 4) is 0 Å². The first-order chi connectivity index (χ1) is 16.9. The van der Waals surface area contributed by atoms with Gasteiger partial charge in [-0.1, -0.05) is 50.1 Å². The van der Waals surface area contributed by atoms with Gasteiger partial charge in [0.2, 0.25) is 11.8 Å². The molecular weight excluding hydrogens is 462 g/mol. The summed E-state index contributed by atoms with van der Waals surface area (Å²) in [5.74, 6) is -1.62. The molecule has 1 aliphatic rings. The van der Waals surface area contributed by atoms with E-state index in [2.05, 4.69) is 15.4 Å². The maximum absolute atomic E-state index is 14.2. The minimum absolute atomic E-state index is 0.168. The summed E-state index contributed by atoms with van der Waals surface area (Å²) in [4.78, 5) is 53.7. The number of carbonyl (C=O) groups excluding carboxylic acids is 4. The van der Waals surface area contributed by atoms with Crippen molar-refractivity contribution in [3.63, 3.8) is 0 Å². The van der Waals surface area contributed by atoms with Gasteiger partial charge < -0.3 is 25.0 Å². The number of rotatable bonds is 10. The molecule has 0 radical (unpaired) electrons. The minimum atomic E-state index is -0.973. The Labute approximate surface area is 214 Å². The molecule has 0 bridgehead atoms. The summed E-state index contributed by atoms with van der Waals surface area (Å²) in [6, 6.07) is 5.38. The second-order valence-corrected chi connectivity index (χ2v) is 10.5. The molecule has 1 saturated carbocycles. The van der Waals surface area contributed by atoms with Gasteiger partial charge in [-0.05, 0) is 58.4 Å². The van der Waals surface area contributed by atoms with Crippen LogP contribution in [0, 0.1) is 12.8 Å². The normalized spacial score (nSPS) is 16.1. The van der Waals surface area contributed by atoms with Gasteiger partial charge in [0.05, 0.1) is 7.11 Å². The Hall–Kier alpha value is -3.10. The fourth-order valence-corrected chi connectivity index (χ4v) is 4.07. The van der Waals surface area contributed by atoms with Crippen LogP contribution < -0.4 is 10.6 Å². The van der Waals surface area contributed by atoms with Crippen molar-refractivity contribution in [2.75, 3.05) is 13.7 Å². The molecule has 3 unspecified atom stereocenters. The molecule has 3 atom stereocenters. The van der Waals surface area contributed by atoms with Gasteiger partial charge in [-0.3, -0.25) is 14.4 Å². The first-order valence-corrected chi connectivity index (χ1v) is 12.6. The van der Waals surface area contributed by atoms with E-state index in [0.29, 0.717) is 12.0 Å². The van der Waals surface area contributed by atoms with E-state index in [1.807, 2.05) is 39.0 Å². The lowest BCUT2D eigenvalue weighted by atomic mass is 9.86. The maximum atomic E-state index is 14.2. The number of ether oxygens (including phenoxy) is 2. The first kappa shape index (κ1) is 29.1. The molecule has 3 amide bonds. The Bertz CT molecular complexity index is 938. The molecule has 200 valence electrons. The molecule has 0 spiro atoms. The number of benzene rings is 1. The number of nitrogens with one attached hydrogen (secondary N) is 2. The van der Waals surface area contributed by atoms with Crippen LogP contribution >= 0.6 is 0 Å². The Morgan fingerprint density at radius 1 is 1.17 bits per heavy atom. The van der Waals surface area contributed by atoms with Crippen molar-refractivity contribution >= 4 is 23.9 Å². The average molecular weight is 504 g/mol. The molecular formula is C27H41N3O6. The fourth-order valence-electron chi connectivity index (χ4n) is 4.07. The number of methoxy groups -OCH3 is 1. The van der Waals surface area contributed by atoms with Crippen molar-refractivity contribution in [1.82, 2.24) is 15.5 Å². The lowest BCUT2D eigenvalue weighted by Gasteiger charge is -2.44. The zero-order valence-electron chi connectivity index (χ0n) is 22.6. The summed E-state index contributed by atoms with van der Waals surface area (Å²) in [5.41, 5.74) is 0.848. The quantitative estimate of drug-likeness (QED) is 0.471. The van der Waals surface area contributed by atoms with Crippen LogP contribution in [-0.4, -0.2) is 60.1 Å². The van der Waals surface area contributed by atoms with E-state index in [-0.39, 0.29) is 24.4 Å². The zero-order chi connectivity index (χ0) is 27.0. The molecule has 1 aromatic rings. The summed E-state index contributed by atoms with van der Waals surface area (Å²) >= 11 is 0. The van der Waals surface area contributed by atoms with Crippen molar-refractivity contribution in [1.29, 1.82) is 0 Å². The SMILES string of the molecule is CCC(C)C(NC(=O)OC(C)(C)C)C(=O)N(C1CCC1)C(C(=O)NCC(=O)OC)c1cccc(C)c1. The van der Waals surface area contributed by atoms with Crippen LogP contribution in [0.5, 0.6) is 0 Å². The van der Waals surface area contributed by atoms with Crippen molar-refractivity contribution < 1.29 is 28.7 Å². The molecule has 0 aromatic heterocycles. The third kappa shape index (κ3) is 7.96. The number of carbonyl (C=O) groups is 4. The summed E-state index contributed by atoms with van der Waals surface area (Å²) in [7, 11) is 1.25. The molecule has 2 rings (SSSR count). The van der Waals surface area contributed by atoms with Crippen LogP contribution in [0.3, 0.4) is 0 Å². The predicted molar refractivity (Wildman–Crippen MR) is 136 cm³/mol. The number of esters is 1. The number of hydrogen-bond acceptors (Lipinski definition) is 6. The third-order valence-corrected chi connectivity index (χ3v) is 6.39. The minimum Gasteiger partial charge on any atom is -0.468 e. The molecule has 1 aromatic carbocycles. The molecule has 9 nitrogen and oxygen atoms in total. The van der Waals surface area contributed by atoms with Crippen molar-refractivity contribution in [2.45, 2.75) is 91.0 Å². The molecule has 0 heterocycles. The standard InChI is InChI=1S/C27H41N3O6/c1-8-18(3)22(29-26(34)36-27(4,5)6)25(33)30(20-13-10-14-20)23(19-12-9-11-17(2)15-19)24(32)28-16-21(31)35-7/h9,11-12,15,18,20,22-23H,8,10,13-14,16H2,1-7H3,(H,28,32)(H,29,34). The van der Waals surface area contributed by atoms with Crippen LogP contribution in [-0.2, 0) is 23.9 Å². The lowest BCUT2D eigenvalue weighted by Crippen LogP contribution is -2.59. The van der Waals surface area contributed by atoms with E-state index in [4.69, 9.17) is 4.74 Å². The molecule has 0 aliphatic heterocycles. The molecule has 1 aliphatic carbocycles. The maximum Gasteiger partial charge on any atom is 0.408 e. The summed E-state index contributed by atoms with van der Waals surface area (Å²) < 4.78 is 10.1. The number of hydrogen-bond donors (Lipinski definition) is 2. The van der Waals surface area contributed by atoms with E-state index in [1.165, 1.54) is 7.11 Å². The number of amides is 3. The Morgan fingerprint density at radius 3 is 2.33 bits per heavy atom. The van der Waals surface area contributed by atoms with Gasteiger partial charge in [0, 0.05) is 6.04 Å².